The van der Waals surface area contributed by atoms with Crippen LogP contribution in [0, 0.1) is 0 Å². The van der Waals surface area contributed by atoms with Crippen LogP contribution in [0.1, 0.15) is 5.56 Å². The number of carbonyl (C=O) groups excluding carboxylic acids is 1. The third kappa shape index (κ3) is 2.60. The topological polar surface area (TPSA) is 83.5 Å². The molecule has 3 N–H and O–H groups in total. The Morgan fingerprint density at radius 2 is 2.37 bits per heavy atom. The number of aromatic nitrogens is 1. The highest BCUT2D eigenvalue weighted by atomic mass is 32.1. The molecule has 1 aliphatic heterocycles. The second-order valence-corrected chi connectivity index (χ2v) is 4.91. The van der Waals surface area contributed by atoms with Crippen LogP contribution in [-0.2, 0) is 11.3 Å². The number of rotatable bonds is 2. The predicted octanol–water partition coefficient (Wildman–Crippen LogP) is 1.00. The van der Waals surface area contributed by atoms with Crippen molar-refractivity contribution < 1.29 is 14.5 Å². The predicted molar refractivity (Wildman–Crippen MR) is 73.6 cm³/mol. The van der Waals surface area contributed by atoms with Crippen molar-refractivity contribution in [2.24, 2.45) is 0 Å². The summed E-state index contributed by atoms with van der Waals surface area (Å²) in [6.45, 7) is 0.393. The van der Waals surface area contributed by atoms with Crippen LogP contribution in [0.3, 0.4) is 0 Å². The molecule has 19 heavy (non-hydrogen) atoms. The van der Waals surface area contributed by atoms with E-state index in [0.29, 0.717) is 22.8 Å². The van der Waals surface area contributed by atoms with Gasteiger partial charge in [0, 0.05) is 5.69 Å². The van der Waals surface area contributed by atoms with Crippen molar-refractivity contribution >= 4 is 40.6 Å². The summed E-state index contributed by atoms with van der Waals surface area (Å²) in [6.07, 6.45) is 1.57. The lowest BCUT2D eigenvalue weighted by molar-refractivity contribution is 0.262. The Hall–Kier alpha value is -1.90. The van der Waals surface area contributed by atoms with E-state index in [1.165, 1.54) is 11.3 Å². The molecule has 1 aromatic carbocycles. The molecule has 2 aromatic rings. The maximum atomic E-state index is 11.7. The van der Waals surface area contributed by atoms with Gasteiger partial charge in [-0.25, -0.2) is 4.79 Å². The van der Waals surface area contributed by atoms with Gasteiger partial charge in [0.25, 0.3) is 0 Å². The Balaban J connectivity index is 1.70. The van der Waals surface area contributed by atoms with Crippen LogP contribution < -0.4 is 16.1 Å². The van der Waals surface area contributed by atoms with Gasteiger partial charge in [-0.15, -0.1) is 11.3 Å². The Morgan fingerprint density at radius 1 is 1.47 bits per heavy atom. The number of thiazole rings is 1. The average molecular weight is 275 g/mol. The van der Waals surface area contributed by atoms with Crippen LogP contribution in [0.2, 0.25) is 0 Å². The lowest BCUT2D eigenvalue weighted by Gasteiger charge is -2.07. The van der Waals surface area contributed by atoms with Crippen LogP contribution >= 0.6 is 11.3 Å². The van der Waals surface area contributed by atoms with E-state index in [-0.39, 0.29) is 6.03 Å². The number of hydrogen-bond acceptors (Lipinski definition) is 5. The monoisotopic (exact) mass is 275 g/mol. The van der Waals surface area contributed by atoms with Gasteiger partial charge in [-0.1, -0.05) is 6.07 Å². The van der Waals surface area contributed by atoms with Gasteiger partial charge in [0.1, 0.15) is 5.00 Å². The van der Waals surface area contributed by atoms with Gasteiger partial charge in [-0.2, -0.15) is 0 Å². The lowest BCUT2D eigenvalue weighted by Crippen LogP contribution is -2.29. The maximum Gasteiger partial charge on any atom is 0.491 e. The molecule has 8 heteroatoms. The number of nitrogens with zero attached hydrogens (tertiary/aromatic N) is 1. The third-order valence-electron chi connectivity index (χ3n) is 2.74. The molecule has 0 saturated carbocycles. The van der Waals surface area contributed by atoms with E-state index in [4.69, 9.17) is 4.65 Å². The normalized spacial score (nSPS) is 13.2. The number of anilines is 2. The Morgan fingerprint density at radius 3 is 3.16 bits per heavy atom. The minimum atomic E-state index is -0.915. The molecule has 0 radical (unpaired) electrons. The maximum absolute atomic E-state index is 11.7. The summed E-state index contributed by atoms with van der Waals surface area (Å²) >= 11 is 1.34. The van der Waals surface area contributed by atoms with E-state index in [2.05, 4.69) is 15.6 Å². The SMILES string of the molecule is O=C(Nc1ccc2c(c1)B(O)OC2)Nc1cncs1. The van der Waals surface area contributed by atoms with Gasteiger partial charge in [0.05, 0.1) is 18.3 Å². The third-order valence-corrected chi connectivity index (χ3v) is 3.42. The Bertz CT molecular complexity index is 605. The number of nitrogens with one attached hydrogen (secondary N) is 2. The highest BCUT2D eigenvalue weighted by Gasteiger charge is 2.27. The zero-order valence-corrected chi connectivity index (χ0v) is 10.6. The zero-order chi connectivity index (χ0) is 13.2. The smallest absolute Gasteiger partial charge is 0.423 e. The van der Waals surface area contributed by atoms with E-state index in [1.807, 2.05) is 6.07 Å². The first-order chi connectivity index (χ1) is 9.22. The van der Waals surface area contributed by atoms with Crippen molar-refractivity contribution in [3.8, 4) is 0 Å². The molecule has 0 aliphatic carbocycles. The fraction of sp³-hybridized carbons (Fsp3) is 0.0909. The van der Waals surface area contributed by atoms with Crippen LogP contribution in [0.15, 0.2) is 29.9 Å². The number of fused-ring (bicyclic) bond motifs is 1. The van der Waals surface area contributed by atoms with E-state index < -0.39 is 7.12 Å². The fourth-order valence-corrected chi connectivity index (χ4v) is 2.35. The molecular weight excluding hydrogens is 265 g/mol. The number of benzene rings is 1. The molecule has 3 rings (SSSR count). The first-order valence-electron chi connectivity index (χ1n) is 5.61. The molecule has 0 bridgehead atoms. The highest BCUT2D eigenvalue weighted by Crippen LogP contribution is 2.16. The van der Waals surface area contributed by atoms with E-state index in [1.54, 1.807) is 23.8 Å². The average Bonchev–Trinajstić information content (AvgIpc) is 3.00. The number of hydrogen-bond donors (Lipinski definition) is 3. The number of carbonyl (C=O) groups is 1. The summed E-state index contributed by atoms with van der Waals surface area (Å²) in [4.78, 5) is 15.6. The van der Waals surface area contributed by atoms with Gasteiger partial charge in [0.2, 0.25) is 0 Å². The van der Waals surface area contributed by atoms with Crippen molar-refractivity contribution in [1.29, 1.82) is 0 Å². The summed E-state index contributed by atoms with van der Waals surface area (Å²) in [5.41, 5.74) is 3.86. The van der Waals surface area contributed by atoms with Crippen molar-refractivity contribution in [3.05, 3.63) is 35.5 Å². The molecule has 1 aromatic heterocycles. The van der Waals surface area contributed by atoms with Crippen LogP contribution in [-0.4, -0.2) is 23.2 Å². The van der Waals surface area contributed by atoms with Crippen LogP contribution in [0.25, 0.3) is 0 Å². The van der Waals surface area contributed by atoms with Crippen molar-refractivity contribution in [1.82, 2.24) is 4.98 Å². The summed E-state index contributed by atoms with van der Waals surface area (Å²) in [5.74, 6) is 0. The van der Waals surface area contributed by atoms with Crippen LogP contribution in [0.4, 0.5) is 15.5 Å². The largest absolute Gasteiger partial charge is 0.491 e. The van der Waals surface area contributed by atoms with E-state index in [9.17, 15) is 9.82 Å². The number of amides is 2. The molecule has 1 aliphatic rings. The highest BCUT2D eigenvalue weighted by molar-refractivity contribution is 7.14. The first kappa shape index (κ1) is 12.2. The summed E-state index contributed by atoms with van der Waals surface area (Å²) in [5, 5.41) is 15.6. The Labute approximate surface area is 113 Å². The van der Waals surface area contributed by atoms with Gasteiger partial charge in [0.15, 0.2) is 0 Å². The molecule has 0 spiro atoms. The Kier molecular flexibility index (Phi) is 3.20. The molecular formula is C11H10BN3O3S. The molecule has 2 heterocycles. The molecule has 96 valence electrons. The van der Waals surface area contributed by atoms with Crippen molar-refractivity contribution in [3.63, 3.8) is 0 Å². The van der Waals surface area contributed by atoms with Gasteiger partial charge in [-0.05, 0) is 23.2 Å². The van der Waals surface area contributed by atoms with E-state index >= 15 is 0 Å². The molecule has 2 amide bonds. The van der Waals surface area contributed by atoms with E-state index in [0.717, 1.165) is 5.56 Å². The van der Waals surface area contributed by atoms with Crippen LogP contribution in [0.5, 0.6) is 0 Å². The standard InChI is InChI=1S/C11H10BN3O3S/c16-11(15-10-4-13-6-19-10)14-8-2-1-7-5-18-12(17)9(7)3-8/h1-4,6,17H,5H2,(H2,14,15,16). The van der Waals surface area contributed by atoms with Gasteiger partial charge < -0.3 is 15.0 Å². The van der Waals surface area contributed by atoms with Crippen molar-refractivity contribution in [2.75, 3.05) is 10.6 Å². The molecule has 0 unspecified atom stereocenters. The molecule has 0 saturated heterocycles. The fourth-order valence-electron chi connectivity index (χ4n) is 1.84. The summed E-state index contributed by atoms with van der Waals surface area (Å²) in [6, 6.07) is 4.96. The van der Waals surface area contributed by atoms with Crippen molar-refractivity contribution in [2.45, 2.75) is 6.61 Å². The van der Waals surface area contributed by atoms with Gasteiger partial charge >= 0.3 is 13.1 Å². The first-order valence-corrected chi connectivity index (χ1v) is 6.49. The quantitative estimate of drug-likeness (QED) is 0.714. The minimum absolute atomic E-state index is 0.349. The second-order valence-electron chi connectivity index (χ2n) is 4.02. The zero-order valence-electron chi connectivity index (χ0n) is 9.79. The second kappa shape index (κ2) is 5.00. The molecule has 0 atom stereocenters. The lowest BCUT2D eigenvalue weighted by atomic mass is 9.79. The summed E-state index contributed by atoms with van der Waals surface area (Å²) in [7, 11) is -0.915. The summed E-state index contributed by atoms with van der Waals surface area (Å²) < 4.78 is 5.09. The molecule has 6 nitrogen and oxygen atoms in total. The number of urea groups is 1. The minimum Gasteiger partial charge on any atom is -0.423 e. The van der Waals surface area contributed by atoms with Gasteiger partial charge in [-0.3, -0.25) is 10.3 Å². The molecule has 0 fully saturated rings.